The number of rotatable bonds is 13. The van der Waals surface area contributed by atoms with Crippen molar-refractivity contribution in [3.63, 3.8) is 0 Å². The smallest absolute Gasteiger partial charge is 0.494 e. The normalized spacial score (nSPS) is 10.2. The zero-order valence-corrected chi connectivity index (χ0v) is 13.7. The van der Waals surface area contributed by atoms with Crippen LogP contribution in [0.15, 0.2) is 43.5 Å². The van der Waals surface area contributed by atoms with Crippen LogP contribution in [-0.4, -0.2) is 30.4 Å². The second kappa shape index (κ2) is 11.8. The van der Waals surface area contributed by atoms with Crippen LogP contribution in [0.2, 0.25) is 0 Å². The van der Waals surface area contributed by atoms with E-state index in [9.17, 15) is 10.0 Å². The van der Waals surface area contributed by atoms with Crippen molar-refractivity contribution in [2.24, 2.45) is 0 Å². The van der Waals surface area contributed by atoms with Crippen molar-refractivity contribution >= 4 is 12.6 Å². The number of ether oxygens (including phenoxy) is 2. The van der Waals surface area contributed by atoms with E-state index in [0.717, 1.165) is 38.5 Å². The Bertz CT molecular complexity index is 438. The van der Waals surface area contributed by atoms with Crippen molar-refractivity contribution in [1.82, 2.24) is 0 Å². The molecule has 0 saturated carbocycles. The molecular weight excluding hydrogens is 291 g/mol. The lowest BCUT2D eigenvalue weighted by molar-refractivity contribution is 0.293. The van der Waals surface area contributed by atoms with Gasteiger partial charge in [-0.05, 0) is 50.7 Å². The summed E-state index contributed by atoms with van der Waals surface area (Å²) in [5.41, 5.74) is 0.292. The van der Waals surface area contributed by atoms with Gasteiger partial charge in [0.2, 0.25) is 0 Å². The molecule has 0 aliphatic carbocycles. The fraction of sp³-hybridized carbons (Fsp3) is 0.444. The molecule has 1 rings (SSSR count). The third-order valence-corrected chi connectivity index (χ3v) is 3.40. The largest absolute Gasteiger partial charge is 0.496 e. The second-order valence-corrected chi connectivity index (χ2v) is 5.31. The second-order valence-electron chi connectivity index (χ2n) is 5.31. The SMILES string of the molecule is C=CCCCCOc1cccc(OCCCCC=C)c1B(O)O. The van der Waals surface area contributed by atoms with E-state index in [2.05, 4.69) is 13.2 Å². The van der Waals surface area contributed by atoms with Crippen molar-refractivity contribution < 1.29 is 19.5 Å². The molecule has 4 nitrogen and oxygen atoms in total. The van der Waals surface area contributed by atoms with Crippen molar-refractivity contribution in [3.05, 3.63) is 43.5 Å². The highest BCUT2D eigenvalue weighted by atomic mass is 16.5. The highest BCUT2D eigenvalue weighted by Crippen LogP contribution is 2.18. The van der Waals surface area contributed by atoms with Crippen LogP contribution in [0.3, 0.4) is 0 Å². The number of unbranched alkanes of at least 4 members (excludes halogenated alkanes) is 4. The summed E-state index contributed by atoms with van der Waals surface area (Å²) >= 11 is 0. The molecule has 0 spiro atoms. The maximum atomic E-state index is 9.64. The number of hydrogen-bond donors (Lipinski definition) is 2. The first kappa shape index (κ1) is 19.3. The molecule has 0 aliphatic heterocycles. The Hall–Kier alpha value is -1.72. The molecule has 0 heterocycles. The molecule has 5 heteroatoms. The first-order valence-electron chi connectivity index (χ1n) is 8.17. The molecule has 2 N–H and O–H groups in total. The lowest BCUT2D eigenvalue weighted by atomic mass is 9.78. The standard InChI is InChI=1S/C18H27BO4/c1-3-5-7-9-14-22-16-12-11-13-17(18(16)19(20)21)23-15-10-8-6-4-2/h3-4,11-13,20-21H,1-2,5-10,14-15H2. The summed E-state index contributed by atoms with van der Waals surface area (Å²) in [4.78, 5) is 0. The van der Waals surface area contributed by atoms with E-state index < -0.39 is 7.12 Å². The first-order chi connectivity index (χ1) is 11.2. The first-order valence-corrected chi connectivity index (χ1v) is 8.17. The summed E-state index contributed by atoms with van der Waals surface area (Å²) in [5, 5.41) is 19.3. The number of allylic oxidation sites excluding steroid dienone is 2. The number of benzene rings is 1. The molecule has 0 unspecified atom stereocenters. The van der Waals surface area contributed by atoms with E-state index in [-0.39, 0.29) is 0 Å². The molecule has 126 valence electrons. The van der Waals surface area contributed by atoms with Gasteiger partial charge in [0.1, 0.15) is 11.5 Å². The molecule has 0 saturated heterocycles. The van der Waals surface area contributed by atoms with Crippen molar-refractivity contribution in [2.75, 3.05) is 13.2 Å². The Labute approximate surface area is 139 Å². The van der Waals surface area contributed by atoms with Crippen LogP contribution in [-0.2, 0) is 0 Å². The maximum Gasteiger partial charge on any atom is 0.496 e. The maximum absolute atomic E-state index is 9.64. The average molecular weight is 318 g/mol. The van der Waals surface area contributed by atoms with Gasteiger partial charge in [-0.1, -0.05) is 18.2 Å². The molecule has 0 radical (unpaired) electrons. The third kappa shape index (κ3) is 7.39. The lowest BCUT2D eigenvalue weighted by Crippen LogP contribution is -2.33. The van der Waals surface area contributed by atoms with Gasteiger partial charge in [0.05, 0.1) is 18.7 Å². The van der Waals surface area contributed by atoms with Gasteiger partial charge in [-0.15, -0.1) is 13.2 Å². The van der Waals surface area contributed by atoms with Crippen LogP contribution < -0.4 is 14.9 Å². The molecule has 0 fully saturated rings. The van der Waals surface area contributed by atoms with Gasteiger partial charge in [0.15, 0.2) is 0 Å². The van der Waals surface area contributed by atoms with E-state index in [4.69, 9.17) is 9.47 Å². The zero-order chi connectivity index (χ0) is 16.9. The van der Waals surface area contributed by atoms with E-state index in [1.807, 2.05) is 12.2 Å². The van der Waals surface area contributed by atoms with Gasteiger partial charge < -0.3 is 19.5 Å². The Balaban J connectivity index is 2.61. The third-order valence-electron chi connectivity index (χ3n) is 3.40. The quantitative estimate of drug-likeness (QED) is 0.334. The molecular formula is C18H27BO4. The van der Waals surface area contributed by atoms with Crippen molar-refractivity contribution in [2.45, 2.75) is 38.5 Å². The molecule has 0 aliphatic rings. The Morgan fingerprint density at radius 2 is 1.35 bits per heavy atom. The monoisotopic (exact) mass is 318 g/mol. The Morgan fingerprint density at radius 3 is 1.74 bits per heavy atom. The van der Waals surface area contributed by atoms with Crippen LogP contribution in [0.4, 0.5) is 0 Å². The average Bonchev–Trinajstić information content (AvgIpc) is 2.54. The van der Waals surface area contributed by atoms with Gasteiger partial charge in [0, 0.05) is 0 Å². The highest BCUT2D eigenvalue weighted by Gasteiger charge is 2.22. The minimum absolute atomic E-state index is 0.292. The summed E-state index contributed by atoms with van der Waals surface area (Å²) in [6.07, 6.45) is 9.44. The molecule has 0 atom stereocenters. The summed E-state index contributed by atoms with van der Waals surface area (Å²) < 4.78 is 11.4. The minimum atomic E-state index is -1.62. The van der Waals surface area contributed by atoms with Crippen LogP contribution in [0, 0.1) is 0 Å². The van der Waals surface area contributed by atoms with Gasteiger partial charge in [-0.3, -0.25) is 0 Å². The molecule has 1 aromatic rings. The van der Waals surface area contributed by atoms with Crippen molar-refractivity contribution in [1.29, 1.82) is 0 Å². The van der Waals surface area contributed by atoms with Gasteiger partial charge in [0.25, 0.3) is 0 Å². The van der Waals surface area contributed by atoms with Crippen LogP contribution in [0.1, 0.15) is 38.5 Å². The van der Waals surface area contributed by atoms with E-state index in [1.165, 1.54) is 0 Å². The molecule has 0 aromatic heterocycles. The fourth-order valence-electron chi connectivity index (χ4n) is 2.18. The summed E-state index contributed by atoms with van der Waals surface area (Å²) in [6, 6.07) is 5.25. The van der Waals surface area contributed by atoms with Crippen LogP contribution in [0.25, 0.3) is 0 Å². The topological polar surface area (TPSA) is 58.9 Å². The fourth-order valence-corrected chi connectivity index (χ4v) is 2.18. The van der Waals surface area contributed by atoms with Gasteiger partial charge >= 0.3 is 7.12 Å². The molecule has 23 heavy (non-hydrogen) atoms. The van der Waals surface area contributed by atoms with Gasteiger partial charge in [-0.25, -0.2) is 0 Å². The molecule has 0 amide bonds. The predicted octanol–water partition coefficient (Wildman–Crippen LogP) is 2.84. The predicted molar refractivity (Wildman–Crippen MR) is 95.4 cm³/mol. The molecule has 1 aromatic carbocycles. The summed E-state index contributed by atoms with van der Waals surface area (Å²) in [7, 11) is -1.62. The van der Waals surface area contributed by atoms with Crippen molar-refractivity contribution in [3.8, 4) is 11.5 Å². The van der Waals surface area contributed by atoms with Gasteiger partial charge in [-0.2, -0.15) is 0 Å². The Morgan fingerprint density at radius 1 is 0.870 bits per heavy atom. The highest BCUT2D eigenvalue weighted by molar-refractivity contribution is 6.60. The number of hydrogen-bond acceptors (Lipinski definition) is 4. The Kier molecular flexibility index (Phi) is 9.92. The lowest BCUT2D eigenvalue weighted by Gasteiger charge is -2.16. The summed E-state index contributed by atoms with van der Waals surface area (Å²) in [5.74, 6) is 0.921. The van der Waals surface area contributed by atoms with E-state index in [1.54, 1.807) is 18.2 Å². The van der Waals surface area contributed by atoms with E-state index >= 15 is 0 Å². The van der Waals surface area contributed by atoms with Crippen LogP contribution in [0.5, 0.6) is 11.5 Å². The summed E-state index contributed by atoms with van der Waals surface area (Å²) in [6.45, 7) is 8.42. The minimum Gasteiger partial charge on any atom is -0.494 e. The zero-order valence-electron chi connectivity index (χ0n) is 13.7. The molecule has 0 bridgehead atoms. The van der Waals surface area contributed by atoms with E-state index in [0.29, 0.717) is 30.2 Å². The van der Waals surface area contributed by atoms with Crippen LogP contribution >= 0.6 is 0 Å².